The van der Waals surface area contributed by atoms with Crippen molar-refractivity contribution in [1.29, 1.82) is 0 Å². The van der Waals surface area contributed by atoms with Crippen molar-refractivity contribution in [2.45, 2.75) is 31.7 Å². The quantitative estimate of drug-likeness (QED) is 0.750. The highest BCUT2D eigenvalue weighted by Crippen LogP contribution is 2.27. The summed E-state index contributed by atoms with van der Waals surface area (Å²) in [6, 6.07) is 10.7. The van der Waals surface area contributed by atoms with E-state index in [9.17, 15) is 0 Å². The van der Waals surface area contributed by atoms with Gasteiger partial charge in [-0.2, -0.15) is 5.10 Å². The van der Waals surface area contributed by atoms with Crippen LogP contribution in [0.2, 0.25) is 0 Å². The maximum absolute atomic E-state index is 5.90. The number of hydrogen-bond acceptors (Lipinski definition) is 4. The van der Waals surface area contributed by atoms with E-state index < -0.39 is 0 Å². The Morgan fingerprint density at radius 1 is 1.24 bits per heavy atom. The van der Waals surface area contributed by atoms with Crippen LogP contribution >= 0.6 is 0 Å². The monoisotopic (exact) mass is 337 g/mol. The van der Waals surface area contributed by atoms with Gasteiger partial charge >= 0.3 is 0 Å². The van der Waals surface area contributed by atoms with Gasteiger partial charge in [0.1, 0.15) is 11.9 Å². The molecule has 3 aromatic rings. The molecule has 6 heteroatoms. The number of nitrogens with one attached hydrogen (secondary N) is 1. The topological polar surface area (TPSA) is 56.9 Å². The number of nitrogens with zero attached hydrogens (tertiary/aromatic N) is 4. The number of hydrogen-bond donors (Lipinski definition) is 1. The van der Waals surface area contributed by atoms with Crippen molar-refractivity contribution in [3.63, 3.8) is 0 Å². The fourth-order valence-electron chi connectivity index (χ4n) is 3.31. The van der Waals surface area contributed by atoms with E-state index in [4.69, 9.17) is 4.74 Å². The summed E-state index contributed by atoms with van der Waals surface area (Å²) >= 11 is 0. The van der Waals surface area contributed by atoms with Crippen molar-refractivity contribution in [2.24, 2.45) is 7.05 Å². The molecular formula is C19H23N5O. The third kappa shape index (κ3) is 3.65. The van der Waals surface area contributed by atoms with Crippen molar-refractivity contribution in [1.82, 2.24) is 24.6 Å². The SMILES string of the molecule is Cn1ccnc1[C@H]1OCC[C@@H]1NCc1cnn(Cc2ccccc2)c1. The van der Waals surface area contributed by atoms with Gasteiger partial charge in [0.05, 0.1) is 12.7 Å². The molecule has 0 unspecified atom stereocenters. The zero-order valence-corrected chi connectivity index (χ0v) is 14.4. The van der Waals surface area contributed by atoms with Crippen LogP contribution in [0.3, 0.4) is 0 Å². The van der Waals surface area contributed by atoms with Gasteiger partial charge in [-0.1, -0.05) is 30.3 Å². The van der Waals surface area contributed by atoms with Crippen molar-refractivity contribution < 1.29 is 4.74 Å². The Balaban J connectivity index is 1.36. The Kier molecular flexibility index (Phi) is 4.63. The zero-order valence-electron chi connectivity index (χ0n) is 14.4. The highest BCUT2D eigenvalue weighted by atomic mass is 16.5. The molecule has 130 valence electrons. The van der Waals surface area contributed by atoms with Crippen LogP contribution in [0.4, 0.5) is 0 Å². The molecule has 1 aliphatic heterocycles. The van der Waals surface area contributed by atoms with Gasteiger partial charge in [0, 0.05) is 50.4 Å². The standard InChI is InChI=1S/C19H23N5O/c1-23-9-8-20-19(23)18-17(7-10-25-18)21-11-16-12-22-24(14-16)13-15-5-3-2-4-6-15/h2-6,8-9,12,14,17-18,21H,7,10-11,13H2,1H3/t17-,18-/m0/s1. The second kappa shape index (κ2) is 7.21. The lowest BCUT2D eigenvalue weighted by Crippen LogP contribution is -2.32. The minimum Gasteiger partial charge on any atom is -0.369 e. The first kappa shape index (κ1) is 16.1. The summed E-state index contributed by atoms with van der Waals surface area (Å²) in [5, 5.41) is 8.08. The number of aromatic nitrogens is 4. The second-order valence-corrected chi connectivity index (χ2v) is 6.50. The van der Waals surface area contributed by atoms with E-state index in [2.05, 4.69) is 45.9 Å². The number of aryl methyl sites for hydroxylation is 1. The van der Waals surface area contributed by atoms with Gasteiger partial charge in [-0.25, -0.2) is 4.98 Å². The molecule has 1 saturated heterocycles. The van der Waals surface area contributed by atoms with Gasteiger partial charge in [-0.3, -0.25) is 4.68 Å². The van der Waals surface area contributed by atoms with Crippen LogP contribution < -0.4 is 5.32 Å². The minimum atomic E-state index is 0.0133. The molecule has 2 aromatic heterocycles. The Morgan fingerprint density at radius 3 is 2.92 bits per heavy atom. The molecule has 1 fully saturated rings. The molecule has 2 atom stereocenters. The van der Waals surface area contributed by atoms with Crippen LogP contribution in [0.1, 0.15) is 29.5 Å². The van der Waals surface area contributed by atoms with Crippen LogP contribution in [0, 0.1) is 0 Å². The summed E-state index contributed by atoms with van der Waals surface area (Å²) in [6.45, 7) is 2.34. The van der Waals surface area contributed by atoms with Crippen LogP contribution in [0.25, 0.3) is 0 Å². The molecule has 0 spiro atoms. The zero-order chi connectivity index (χ0) is 17.1. The van der Waals surface area contributed by atoms with Crippen LogP contribution in [0.5, 0.6) is 0 Å². The Morgan fingerprint density at radius 2 is 2.12 bits per heavy atom. The molecule has 1 aromatic carbocycles. The molecule has 1 N–H and O–H groups in total. The van der Waals surface area contributed by atoms with Gasteiger partial charge < -0.3 is 14.6 Å². The third-order valence-electron chi connectivity index (χ3n) is 4.65. The molecule has 0 bridgehead atoms. The average Bonchev–Trinajstić information content (AvgIpc) is 3.35. The molecule has 0 saturated carbocycles. The first-order chi connectivity index (χ1) is 12.3. The predicted molar refractivity (Wildman–Crippen MR) is 94.9 cm³/mol. The smallest absolute Gasteiger partial charge is 0.139 e. The fourth-order valence-corrected chi connectivity index (χ4v) is 3.31. The van der Waals surface area contributed by atoms with E-state index in [-0.39, 0.29) is 12.1 Å². The van der Waals surface area contributed by atoms with Crippen LogP contribution in [-0.2, 0) is 24.9 Å². The second-order valence-electron chi connectivity index (χ2n) is 6.50. The maximum Gasteiger partial charge on any atom is 0.139 e. The minimum absolute atomic E-state index is 0.0133. The molecule has 4 rings (SSSR count). The summed E-state index contributed by atoms with van der Waals surface area (Å²) in [6.07, 6.45) is 8.82. The van der Waals surface area contributed by atoms with Crippen molar-refractivity contribution in [3.8, 4) is 0 Å². The van der Waals surface area contributed by atoms with E-state index in [1.165, 1.54) is 11.1 Å². The predicted octanol–water partition coefficient (Wildman–Crippen LogP) is 2.28. The molecule has 25 heavy (non-hydrogen) atoms. The third-order valence-corrected chi connectivity index (χ3v) is 4.65. The molecule has 0 amide bonds. The van der Waals surface area contributed by atoms with Crippen molar-refractivity contribution in [3.05, 3.63) is 72.1 Å². The Labute approximate surface area is 147 Å². The van der Waals surface area contributed by atoms with E-state index in [1.54, 1.807) is 0 Å². The highest BCUT2D eigenvalue weighted by Gasteiger charge is 2.31. The van der Waals surface area contributed by atoms with Gasteiger partial charge in [-0.15, -0.1) is 0 Å². The Hall–Kier alpha value is -2.44. The average molecular weight is 337 g/mol. The van der Waals surface area contributed by atoms with Gasteiger partial charge in [0.2, 0.25) is 0 Å². The summed E-state index contributed by atoms with van der Waals surface area (Å²) < 4.78 is 9.91. The van der Waals surface area contributed by atoms with Gasteiger partial charge in [0.15, 0.2) is 0 Å². The first-order valence-electron chi connectivity index (χ1n) is 8.67. The normalized spacial score (nSPS) is 20.2. The van der Waals surface area contributed by atoms with Gasteiger partial charge in [0.25, 0.3) is 0 Å². The molecular weight excluding hydrogens is 314 g/mol. The first-order valence-corrected chi connectivity index (χ1v) is 8.67. The van der Waals surface area contributed by atoms with Gasteiger partial charge in [-0.05, 0) is 12.0 Å². The number of rotatable bonds is 6. The largest absolute Gasteiger partial charge is 0.369 e. The number of imidazole rings is 1. The lowest BCUT2D eigenvalue weighted by Gasteiger charge is -2.19. The number of ether oxygens (including phenoxy) is 1. The highest BCUT2D eigenvalue weighted by molar-refractivity contribution is 5.15. The Bertz CT molecular complexity index is 810. The van der Waals surface area contributed by atoms with E-state index in [0.717, 1.165) is 31.9 Å². The fraction of sp³-hybridized carbons (Fsp3) is 0.368. The number of benzene rings is 1. The summed E-state index contributed by atoms with van der Waals surface area (Å²) in [5.41, 5.74) is 2.44. The molecule has 3 heterocycles. The van der Waals surface area contributed by atoms with Crippen molar-refractivity contribution in [2.75, 3.05) is 6.61 Å². The summed E-state index contributed by atoms with van der Waals surface area (Å²) in [4.78, 5) is 4.44. The lowest BCUT2D eigenvalue weighted by atomic mass is 10.1. The molecule has 6 nitrogen and oxygen atoms in total. The summed E-state index contributed by atoms with van der Waals surface area (Å²) in [5.74, 6) is 0.981. The molecule has 1 aliphatic rings. The maximum atomic E-state index is 5.90. The summed E-state index contributed by atoms with van der Waals surface area (Å²) in [7, 11) is 2.01. The molecule has 0 aliphatic carbocycles. The van der Waals surface area contributed by atoms with E-state index in [1.807, 2.05) is 41.0 Å². The van der Waals surface area contributed by atoms with Crippen molar-refractivity contribution >= 4 is 0 Å². The van der Waals surface area contributed by atoms with E-state index >= 15 is 0 Å². The van der Waals surface area contributed by atoms with Crippen LogP contribution in [0.15, 0.2) is 55.1 Å². The van der Waals surface area contributed by atoms with Crippen LogP contribution in [-0.4, -0.2) is 32.0 Å². The van der Waals surface area contributed by atoms with E-state index in [0.29, 0.717) is 0 Å². The lowest BCUT2D eigenvalue weighted by molar-refractivity contribution is 0.0893. The molecule has 0 radical (unpaired) electrons.